The number of hydrogen-bond acceptors (Lipinski definition) is 3. The fraction of sp³-hybridized carbons (Fsp3) is 1.00. The highest BCUT2D eigenvalue weighted by atomic mass is 16.6. The third-order valence-electron chi connectivity index (χ3n) is 2.41. The molecule has 12 heavy (non-hydrogen) atoms. The Bertz CT molecular complexity index is 160. The molecule has 0 rings (SSSR count). The van der Waals surface area contributed by atoms with Crippen molar-refractivity contribution < 1.29 is 10.0 Å². The summed E-state index contributed by atoms with van der Waals surface area (Å²) in [6, 6.07) is 0. The van der Waals surface area contributed by atoms with Crippen LogP contribution in [0.5, 0.6) is 0 Å². The van der Waals surface area contributed by atoms with Crippen LogP contribution in [0.3, 0.4) is 0 Å². The zero-order valence-corrected chi connectivity index (χ0v) is 7.91. The highest BCUT2D eigenvalue weighted by molar-refractivity contribution is 4.80. The molecule has 0 radical (unpaired) electrons. The van der Waals surface area contributed by atoms with Gasteiger partial charge in [-0.15, -0.1) is 0 Å². The fourth-order valence-corrected chi connectivity index (χ4v) is 1.07. The SMILES string of the molecule is CCCC(O)C(C)(CC)[N+](=O)[O-]. The number of aliphatic hydroxyl groups excluding tert-OH is 1. The first-order valence-electron chi connectivity index (χ1n) is 4.31. The monoisotopic (exact) mass is 175 g/mol. The molecule has 0 saturated heterocycles. The lowest BCUT2D eigenvalue weighted by atomic mass is 9.90. The van der Waals surface area contributed by atoms with E-state index in [1.54, 1.807) is 6.92 Å². The molecule has 0 amide bonds. The van der Waals surface area contributed by atoms with Crippen LogP contribution in [0, 0.1) is 10.1 Å². The van der Waals surface area contributed by atoms with Gasteiger partial charge in [-0.2, -0.15) is 0 Å². The molecule has 0 saturated carbocycles. The van der Waals surface area contributed by atoms with Crippen LogP contribution in [-0.2, 0) is 0 Å². The summed E-state index contributed by atoms with van der Waals surface area (Å²) < 4.78 is 0. The summed E-state index contributed by atoms with van der Waals surface area (Å²) in [5.41, 5.74) is -1.17. The number of nitro groups is 1. The molecular weight excluding hydrogens is 158 g/mol. The molecule has 0 spiro atoms. The zero-order chi connectivity index (χ0) is 9.78. The fourth-order valence-electron chi connectivity index (χ4n) is 1.07. The average Bonchev–Trinajstić information content (AvgIpc) is 2.03. The lowest BCUT2D eigenvalue weighted by Gasteiger charge is -2.24. The van der Waals surface area contributed by atoms with E-state index >= 15 is 0 Å². The van der Waals surface area contributed by atoms with Gasteiger partial charge in [0.1, 0.15) is 6.10 Å². The summed E-state index contributed by atoms with van der Waals surface area (Å²) in [6.45, 7) is 5.12. The molecule has 72 valence electrons. The largest absolute Gasteiger partial charge is 0.386 e. The third kappa shape index (κ3) is 2.17. The lowest BCUT2D eigenvalue weighted by Crippen LogP contribution is -2.46. The molecule has 0 aromatic heterocycles. The van der Waals surface area contributed by atoms with Gasteiger partial charge < -0.3 is 5.11 Å². The minimum atomic E-state index is -1.17. The van der Waals surface area contributed by atoms with Gasteiger partial charge in [-0.05, 0) is 6.42 Å². The highest BCUT2D eigenvalue weighted by Gasteiger charge is 2.42. The van der Waals surface area contributed by atoms with Crippen molar-refractivity contribution in [3.8, 4) is 0 Å². The Kier molecular flexibility index (Phi) is 4.17. The zero-order valence-electron chi connectivity index (χ0n) is 7.91. The van der Waals surface area contributed by atoms with Gasteiger partial charge in [-0.3, -0.25) is 10.1 Å². The maximum atomic E-state index is 10.6. The van der Waals surface area contributed by atoms with E-state index < -0.39 is 11.6 Å². The van der Waals surface area contributed by atoms with Gasteiger partial charge >= 0.3 is 0 Å². The van der Waals surface area contributed by atoms with E-state index in [9.17, 15) is 15.2 Å². The van der Waals surface area contributed by atoms with E-state index in [2.05, 4.69) is 0 Å². The van der Waals surface area contributed by atoms with Gasteiger partial charge in [0.15, 0.2) is 0 Å². The van der Waals surface area contributed by atoms with Crippen LogP contribution in [-0.4, -0.2) is 21.7 Å². The Balaban J connectivity index is 4.39. The molecule has 0 aromatic rings. The number of nitrogens with zero attached hydrogens (tertiary/aromatic N) is 1. The molecule has 0 aliphatic rings. The van der Waals surface area contributed by atoms with Crippen LogP contribution in [0.25, 0.3) is 0 Å². The maximum absolute atomic E-state index is 10.6. The van der Waals surface area contributed by atoms with E-state index in [0.717, 1.165) is 6.42 Å². The molecule has 0 fully saturated rings. The van der Waals surface area contributed by atoms with Gasteiger partial charge in [0.2, 0.25) is 5.54 Å². The van der Waals surface area contributed by atoms with Crippen LogP contribution < -0.4 is 0 Å². The number of aliphatic hydroxyl groups is 1. The molecule has 0 aromatic carbocycles. The minimum Gasteiger partial charge on any atom is -0.386 e. The van der Waals surface area contributed by atoms with E-state index in [0.29, 0.717) is 12.8 Å². The second-order valence-corrected chi connectivity index (χ2v) is 3.27. The Labute approximate surface area is 72.7 Å². The first-order valence-corrected chi connectivity index (χ1v) is 4.31. The smallest absolute Gasteiger partial charge is 0.244 e. The molecule has 0 aliphatic heterocycles. The number of rotatable bonds is 5. The van der Waals surface area contributed by atoms with Crippen molar-refractivity contribution in [1.29, 1.82) is 0 Å². The van der Waals surface area contributed by atoms with Crippen LogP contribution in [0.2, 0.25) is 0 Å². The quantitative estimate of drug-likeness (QED) is 0.509. The van der Waals surface area contributed by atoms with Crippen LogP contribution >= 0.6 is 0 Å². The third-order valence-corrected chi connectivity index (χ3v) is 2.41. The maximum Gasteiger partial charge on any atom is 0.244 e. The predicted octanol–water partition coefficient (Wildman–Crippen LogP) is 1.59. The lowest BCUT2D eigenvalue weighted by molar-refractivity contribution is -0.579. The van der Waals surface area contributed by atoms with Crippen molar-refractivity contribution in [3.05, 3.63) is 10.1 Å². The summed E-state index contributed by atoms with van der Waals surface area (Å²) in [6.07, 6.45) is 0.791. The van der Waals surface area contributed by atoms with Crippen molar-refractivity contribution in [1.82, 2.24) is 0 Å². The van der Waals surface area contributed by atoms with Crippen molar-refractivity contribution in [2.75, 3.05) is 0 Å². The summed E-state index contributed by atoms with van der Waals surface area (Å²) in [5.74, 6) is 0. The molecule has 4 nitrogen and oxygen atoms in total. The van der Waals surface area contributed by atoms with Gasteiger partial charge in [0, 0.05) is 18.3 Å². The summed E-state index contributed by atoms with van der Waals surface area (Å²) in [5, 5.41) is 20.1. The van der Waals surface area contributed by atoms with Crippen LogP contribution in [0.4, 0.5) is 0 Å². The van der Waals surface area contributed by atoms with Gasteiger partial charge in [0.25, 0.3) is 0 Å². The molecule has 2 unspecified atom stereocenters. The summed E-state index contributed by atoms with van der Waals surface area (Å²) in [7, 11) is 0. The number of hydrogen-bond donors (Lipinski definition) is 1. The van der Waals surface area contributed by atoms with Crippen molar-refractivity contribution in [2.45, 2.75) is 51.7 Å². The Morgan fingerprint density at radius 2 is 2.08 bits per heavy atom. The van der Waals surface area contributed by atoms with Gasteiger partial charge in [-0.1, -0.05) is 20.3 Å². The Morgan fingerprint density at radius 1 is 1.58 bits per heavy atom. The van der Waals surface area contributed by atoms with Crippen LogP contribution in [0.1, 0.15) is 40.0 Å². The normalized spacial score (nSPS) is 18.3. The Morgan fingerprint density at radius 3 is 2.33 bits per heavy atom. The summed E-state index contributed by atoms with van der Waals surface area (Å²) >= 11 is 0. The summed E-state index contributed by atoms with van der Waals surface area (Å²) in [4.78, 5) is 10.2. The molecule has 0 heterocycles. The molecule has 1 N–H and O–H groups in total. The second kappa shape index (κ2) is 4.40. The average molecular weight is 175 g/mol. The van der Waals surface area contributed by atoms with E-state index in [1.807, 2.05) is 6.92 Å². The Hall–Kier alpha value is -0.640. The van der Waals surface area contributed by atoms with E-state index in [1.165, 1.54) is 6.92 Å². The van der Waals surface area contributed by atoms with Crippen LogP contribution in [0.15, 0.2) is 0 Å². The van der Waals surface area contributed by atoms with Gasteiger partial charge in [0.05, 0.1) is 0 Å². The standard InChI is InChI=1S/C8H17NO3/c1-4-6-7(10)8(3,5-2)9(11)12/h7,10H,4-6H2,1-3H3. The molecule has 0 aliphatic carbocycles. The molecule has 0 bridgehead atoms. The van der Waals surface area contributed by atoms with E-state index in [-0.39, 0.29) is 4.92 Å². The predicted molar refractivity (Wildman–Crippen MR) is 46.6 cm³/mol. The van der Waals surface area contributed by atoms with Gasteiger partial charge in [-0.25, -0.2) is 0 Å². The van der Waals surface area contributed by atoms with Crippen molar-refractivity contribution in [3.63, 3.8) is 0 Å². The van der Waals surface area contributed by atoms with Crippen molar-refractivity contribution in [2.24, 2.45) is 0 Å². The highest BCUT2D eigenvalue weighted by Crippen LogP contribution is 2.22. The minimum absolute atomic E-state index is 0.362. The molecular formula is C8H17NO3. The topological polar surface area (TPSA) is 63.4 Å². The first kappa shape index (κ1) is 11.4. The second-order valence-electron chi connectivity index (χ2n) is 3.27. The van der Waals surface area contributed by atoms with E-state index in [4.69, 9.17) is 0 Å². The molecule has 2 atom stereocenters. The first-order chi connectivity index (χ1) is 5.49. The van der Waals surface area contributed by atoms with Crippen molar-refractivity contribution >= 4 is 0 Å². The molecule has 4 heteroatoms.